The molecule has 2 N–H and O–H groups in total. The highest BCUT2D eigenvalue weighted by atomic mass is 16.5. The third-order valence-corrected chi connectivity index (χ3v) is 4.26. The molecule has 0 aliphatic carbocycles. The molecule has 0 aromatic rings. The van der Waals surface area contributed by atoms with Gasteiger partial charge in [-0.1, -0.05) is 33.6 Å². The highest BCUT2D eigenvalue weighted by Crippen LogP contribution is 2.32. The molecule has 4 heteroatoms. The maximum atomic E-state index is 13.0. The fraction of sp³-hybridized carbons (Fsp3) is 0.933. The molecule has 0 bridgehead atoms. The number of nitrogens with zero attached hydrogens (tertiary/aromatic N) is 1. The third-order valence-electron chi connectivity index (χ3n) is 4.26. The third kappa shape index (κ3) is 3.69. The Balaban J connectivity index is 2.90. The Morgan fingerprint density at radius 2 is 1.95 bits per heavy atom. The average molecular weight is 270 g/mol. The summed E-state index contributed by atoms with van der Waals surface area (Å²) in [6, 6.07) is 0.223. The monoisotopic (exact) mass is 270 g/mol. The molecule has 1 saturated heterocycles. The Morgan fingerprint density at radius 3 is 2.42 bits per heavy atom. The van der Waals surface area contributed by atoms with Gasteiger partial charge in [0.25, 0.3) is 0 Å². The van der Waals surface area contributed by atoms with Crippen molar-refractivity contribution in [2.45, 2.75) is 58.9 Å². The number of carbonyl (C=O) groups excluding carboxylic acids is 1. The van der Waals surface area contributed by atoms with E-state index in [-0.39, 0.29) is 17.4 Å². The maximum absolute atomic E-state index is 13.0. The largest absolute Gasteiger partial charge is 0.377 e. The lowest BCUT2D eigenvalue weighted by molar-refractivity contribution is -0.151. The van der Waals surface area contributed by atoms with Crippen LogP contribution in [0.25, 0.3) is 0 Å². The summed E-state index contributed by atoms with van der Waals surface area (Å²) >= 11 is 0. The summed E-state index contributed by atoms with van der Waals surface area (Å²) in [5.41, 5.74) is 5.64. The van der Waals surface area contributed by atoms with Gasteiger partial charge in [-0.2, -0.15) is 0 Å². The molecule has 0 saturated carbocycles. The minimum atomic E-state index is -0.353. The molecule has 0 aromatic heterocycles. The molecule has 1 fully saturated rings. The SMILES string of the molecule is CCCC(CN)(CCC)C(=O)N1CCOCC1CC. The number of ether oxygens (including phenoxy) is 1. The lowest BCUT2D eigenvalue weighted by atomic mass is 9.77. The number of rotatable bonds is 7. The second kappa shape index (κ2) is 7.85. The van der Waals surface area contributed by atoms with Gasteiger partial charge in [0.2, 0.25) is 5.91 Å². The standard InChI is InChI=1S/C15H30N2O2/c1-4-7-15(12-16,8-5-2)14(18)17-9-10-19-11-13(17)6-3/h13H,4-12,16H2,1-3H3. The summed E-state index contributed by atoms with van der Waals surface area (Å²) in [7, 11) is 0. The van der Waals surface area contributed by atoms with E-state index in [4.69, 9.17) is 10.5 Å². The first kappa shape index (κ1) is 16.4. The van der Waals surface area contributed by atoms with Gasteiger partial charge >= 0.3 is 0 Å². The topological polar surface area (TPSA) is 55.6 Å². The molecule has 1 rings (SSSR count). The summed E-state index contributed by atoms with van der Waals surface area (Å²) in [5.74, 6) is 0.258. The van der Waals surface area contributed by atoms with Crippen LogP contribution in [0.5, 0.6) is 0 Å². The number of amides is 1. The van der Waals surface area contributed by atoms with E-state index in [2.05, 4.69) is 20.8 Å². The maximum Gasteiger partial charge on any atom is 0.230 e. The van der Waals surface area contributed by atoms with Crippen molar-refractivity contribution >= 4 is 5.91 Å². The quantitative estimate of drug-likeness (QED) is 0.771. The van der Waals surface area contributed by atoms with Crippen LogP contribution in [0.2, 0.25) is 0 Å². The second-order valence-corrected chi connectivity index (χ2v) is 5.62. The molecule has 0 radical (unpaired) electrons. The molecule has 0 spiro atoms. The van der Waals surface area contributed by atoms with E-state index in [1.54, 1.807) is 0 Å². The molecule has 1 atom stereocenters. The van der Waals surface area contributed by atoms with E-state index in [9.17, 15) is 4.79 Å². The van der Waals surface area contributed by atoms with Gasteiger partial charge in [0.05, 0.1) is 24.7 Å². The summed E-state index contributed by atoms with van der Waals surface area (Å²) < 4.78 is 5.49. The number of carbonyl (C=O) groups is 1. The molecule has 0 aromatic carbocycles. The van der Waals surface area contributed by atoms with Gasteiger partial charge in [-0.25, -0.2) is 0 Å². The lowest BCUT2D eigenvalue weighted by Gasteiger charge is -2.42. The number of hydrogen-bond acceptors (Lipinski definition) is 3. The summed E-state index contributed by atoms with van der Waals surface area (Å²) in [6.07, 6.45) is 4.74. The van der Waals surface area contributed by atoms with Crippen LogP contribution in [0.3, 0.4) is 0 Å². The van der Waals surface area contributed by atoms with E-state index >= 15 is 0 Å². The van der Waals surface area contributed by atoms with E-state index < -0.39 is 0 Å². The second-order valence-electron chi connectivity index (χ2n) is 5.62. The summed E-state index contributed by atoms with van der Waals surface area (Å²) in [6.45, 7) is 8.87. The zero-order valence-electron chi connectivity index (χ0n) is 12.8. The Hall–Kier alpha value is -0.610. The van der Waals surface area contributed by atoms with Crippen molar-refractivity contribution in [1.29, 1.82) is 0 Å². The minimum Gasteiger partial charge on any atom is -0.377 e. The molecule has 1 aliphatic rings. The van der Waals surface area contributed by atoms with E-state index in [0.717, 1.165) is 32.1 Å². The highest BCUT2D eigenvalue weighted by Gasteiger charge is 2.41. The van der Waals surface area contributed by atoms with Gasteiger partial charge in [-0.15, -0.1) is 0 Å². The first-order chi connectivity index (χ1) is 9.15. The Kier molecular flexibility index (Phi) is 6.80. The number of hydrogen-bond donors (Lipinski definition) is 1. The van der Waals surface area contributed by atoms with Crippen LogP contribution in [0.15, 0.2) is 0 Å². The molecule has 19 heavy (non-hydrogen) atoms. The molecular formula is C15H30N2O2. The number of morpholine rings is 1. The predicted octanol–water partition coefficient (Wildman–Crippen LogP) is 2.17. The van der Waals surface area contributed by atoms with E-state index in [1.807, 2.05) is 4.90 Å². The van der Waals surface area contributed by atoms with Crippen LogP contribution in [0.1, 0.15) is 52.9 Å². The van der Waals surface area contributed by atoms with E-state index in [1.165, 1.54) is 0 Å². The van der Waals surface area contributed by atoms with Gasteiger partial charge in [-0.05, 0) is 19.3 Å². The fourth-order valence-electron chi connectivity index (χ4n) is 3.15. The highest BCUT2D eigenvalue weighted by molar-refractivity contribution is 5.83. The first-order valence-electron chi connectivity index (χ1n) is 7.74. The zero-order valence-corrected chi connectivity index (χ0v) is 12.8. The molecule has 1 amide bonds. The van der Waals surface area contributed by atoms with Crippen molar-refractivity contribution in [3.8, 4) is 0 Å². The molecule has 1 heterocycles. The Labute approximate surface area is 117 Å². The summed E-state index contributed by atoms with van der Waals surface area (Å²) in [4.78, 5) is 15.0. The van der Waals surface area contributed by atoms with Crippen LogP contribution in [-0.2, 0) is 9.53 Å². The van der Waals surface area contributed by atoms with Crippen molar-refractivity contribution in [3.05, 3.63) is 0 Å². The van der Waals surface area contributed by atoms with Gasteiger partial charge in [-0.3, -0.25) is 4.79 Å². The first-order valence-corrected chi connectivity index (χ1v) is 7.74. The molecular weight excluding hydrogens is 240 g/mol. The van der Waals surface area contributed by atoms with Crippen molar-refractivity contribution in [2.75, 3.05) is 26.3 Å². The van der Waals surface area contributed by atoms with Crippen molar-refractivity contribution in [1.82, 2.24) is 4.90 Å². The molecule has 1 aliphatic heterocycles. The van der Waals surface area contributed by atoms with Crippen LogP contribution in [-0.4, -0.2) is 43.2 Å². The van der Waals surface area contributed by atoms with Crippen molar-refractivity contribution in [3.63, 3.8) is 0 Å². The van der Waals surface area contributed by atoms with Crippen molar-refractivity contribution in [2.24, 2.45) is 11.1 Å². The van der Waals surface area contributed by atoms with Crippen LogP contribution in [0.4, 0.5) is 0 Å². The summed E-state index contributed by atoms with van der Waals surface area (Å²) in [5, 5.41) is 0. The van der Waals surface area contributed by atoms with Crippen molar-refractivity contribution < 1.29 is 9.53 Å². The normalized spacial score (nSPS) is 20.6. The predicted molar refractivity (Wildman–Crippen MR) is 77.9 cm³/mol. The van der Waals surface area contributed by atoms with Crippen LogP contribution >= 0.6 is 0 Å². The van der Waals surface area contributed by atoms with Crippen LogP contribution < -0.4 is 5.73 Å². The average Bonchev–Trinajstić information content (AvgIpc) is 2.46. The minimum absolute atomic E-state index is 0.223. The molecule has 1 unspecified atom stereocenters. The fourth-order valence-corrected chi connectivity index (χ4v) is 3.15. The van der Waals surface area contributed by atoms with Gasteiger partial charge in [0, 0.05) is 13.1 Å². The van der Waals surface area contributed by atoms with E-state index in [0.29, 0.717) is 26.3 Å². The van der Waals surface area contributed by atoms with Gasteiger partial charge in [0.15, 0.2) is 0 Å². The van der Waals surface area contributed by atoms with Crippen LogP contribution in [0, 0.1) is 5.41 Å². The molecule has 112 valence electrons. The Morgan fingerprint density at radius 1 is 1.32 bits per heavy atom. The lowest BCUT2D eigenvalue weighted by Crippen LogP contribution is -2.55. The van der Waals surface area contributed by atoms with Gasteiger partial charge in [0.1, 0.15) is 0 Å². The van der Waals surface area contributed by atoms with Gasteiger partial charge < -0.3 is 15.4 Å². The smallest absolute Gasteiger partial charge is 0.230 e. The Bertz CT molecular complexity index is 275. The zero-order chi connectivity index (χ0) is 14.3. The number of nitrogens with two attached hydrogens (primary N) is 1. The molecule has 4 nitrogen and oxygen atoms in total.